The van der Waals surface area contributed by atoms with Gasteiger partial charge in [-0.25, -0.2) is 4.39 Å². The van der Waals surface area contributed by atoms with Crippen LogP contribution in [0.4, 0.5) is 4.39 Å². The zero-order valence-electron chi connectivity index (χ0n) is 4.45. The summed E-state index contributed by atoms with van der Waals surface area (Å²) in [5.74, 6) is -0.769. The number of hydrogen-bond acceptors (Lipinski definition) is 1. The quantitative estimate of drug-likeness (QED) is 0.560. The van der Waals surface area contributed by atoms with E-state index in [4.69, 9.17) is 11.6 Å². The van der Waals surface area contributed by atoms with Crippen LogP contribution in [0, 0.1) is 0 Å². The molecule has 0 aliphatic rings. The van der Waals surface area contributed by atoms with Crippen molar-refractivity contribution in [1.82, 2.24) is 5.32 Å². The third kappa shape index (κ3) is 2.80. The molecule has 4 heteroatoms. The first-order chi connectivity index (χ1) is 3.68. The molecule has 0 saturated carbocycles. The molecule has 0 rings (SSSR count). The molecule has 8 heavy (non-hydrogen) atoms. The standard InChI is InChI=1S/C4H7ClFNO/c1-2-7-4(8)3(5)6/h3H,2H2,1H3,(H,7,8). The van der Waals surface area contributed by atoms with Gasteiger partial charge in [0.25, 0.3) is 11.5 Å². The van der Waals surface area contributed by atoms with Crippen molar-refractivity contribution in [2.75, 3.05) is 6.54 Å². The lowest BCUT2D eigenvalue weighted by atomic mass is 10.6. The van der Waals surface area contributed by atoms with E-state index in [-0.39, 0.29) is 0 Å². The number of halogens is 2. The molecule has 0 aromatic heterocycles. The maximum atomic E-state index is 11.6. The summed E-state index contributed by atoms with van der Waals surface area (Å²) in [6.07, 6.45) is 0. The summed E-state index contributed by atoms with van der Waals surface area (Å²) >= 11 is 4.73. The zero-order valence-corrected chi connectivity index (χ0v) is 5.20. The molecule has 1 atom stereocenters. The van der Waals surface area contributed by atoms with Gasteiger partial charge in [-0.3, -0.25) is 4.79 Å². The van der Waals surface area contributed by atoms with Crippen molar-refractivity contribution in [3.8, 4) is 0 Å². The lowest BCUT2D eigenvalue weighted by Gasteiger charge is -1.97. The van der Waals surface area contributed by atoms with Gasteiger partial charge >= 0.3 is 0 Å². The van der Waals surface area contributed by atoms with Crippen molar-refractivity contribution >= 4 is 17.5 Å². The van der Waals surface area contributed by atoms with Gasteiger partial charge in [0.05, 0.1) is 0 Å². The van der Waals surface area contributed by atoms with Crippen LogP contribution in [0.5, 0.6) is 0 Å². The molecule has 0 spiro atoms. The normalized spacial score (nSPS) is 12.9. The molecule has 1 unspecified atom stereocenters. The minimum Gasteiger partial charge on any atom is -0.353 e. The van der Waals surface area contributed by atoms with Gasteiger partial charge in [-0.1, -0.05) is 11.6 Å². The highest BCUT2D eigenvalue weighted by molar-refractivity contribution is 6.29. The van der Waals surface area contributed by atoms with Crippen LogP contribution in [-0.4, -0.2) is 18.1 Å². The first-order valence-corrected chi connectivity index (χ1v) is 2.68. The molecule has 0 aromatic carbocycles. The van der Waals surface area contributed by atoms with E-state index < -0.39 is 11.5 Å². The van der Waals surface area contributed by atoms with Crippen LogP contribution < -0.4 is 5.32 Å². The lowest BCUT2D eigenvalue weighted by molar-refractivity contribution is -0.123. The molecule has 2 nitrogen and oxygen atoms in total. The predicted molar refractivity (Wildman–Crippen MR) is 29.4 cm³/mol. The first-order valence-electron chi connectivity index (χ1n) is 2.24. The van der Waals surface area contributed by atoms with Crippen LogP contribution in [-0.2, 0) is 4.79 Å². The summed E-state index contributed by atoms with van der Waals surface area (Å²) in [5.41, 5.74) is -1.91. The number of rotatable bonds is 2. The Morgan fingerprint density at radius 1 is 2.00 bits per heavy atom. The average molecular weight is 140 g/mol. The predicted octanol–water partition coefficient (Wildman–Crippen LogP) is 0.657. The third-order valence-corrected chi connectivity index (χ3v) is 0.747. The van der Waals surface area contributed by atoms with Gasteiger partial charge in [0.15, 0.2) is 0 Å². The highest BCUT2D eigenvalue weighted by Crippen LogP contribution is 1.94. The number of amides is 1. The Labute approximate surface area is 52.0 Å². The Bertz CT molecular complexity index is 86.1. The molecule has 48 valence electrons. The Hall–Kier alpha value is -0.310. The topological polar surface area (TPSA) is 29.1 Å². The van der Waals surface area contributed by atoms with E-state index in [0.717, 1.165) is 0 Å². The number of hydrogen-bond donors (Lipinski definition) is 1. The second-order valence-electron chi connectivity index (χ2n) is 1.20. The van der Waals surface area contributed by atoms with Crippen molar-refractivity contribution in [1.29, 1.82) is 0 Å². The molecular weight excluding hydrogens is 133 g/mol. The zero-order chi connectivity index (χ0) is 6.57. The number of nitrogens with one attached hydrogen (secondary N) is 1. The van der Waals surface area contributed by atoms with Crippen molar-refractivity contribution in [3.05, 3.63) is 0 Å². The summed E-state index contributed by atoms with van der Waals surface area (Å²) in [6, 6.07) is 0. The van der Waals surface area contributed by atoms with E-state index in [1.165, 1.54) is 0 Å². The summed E-state index contributed by atoms with van der Waals surface area (Å²) in [4.78, 5) is 10.1. The Morgan fingerprint density at radius 2 is 2.50 bits per heavy atom. The van der Waals surface area contributed by atoms with Crippen LogP contribution in [0.15, 0.2) is 0 Å². The number of carbonyl (C=O) groups excluding carboxylic acids is 1. The molecular formula is C4H7ClFNO. The summed E-state index contributed by atoms with van der Waals surface area (Å²) in [5, 5.41) is 2.20. The fraction of sp³-hybridized carbons (Fsp3) is 0.750. The van der Waals surface area contributed by atoms with Crippen LogP contribution in [0.2, 0.25) is 0 Å². The van der Waals surface area contributed by atoms with Crippen LogP contribution in [0.3, 0.4) is 0 Å². The summed E-state index contributed by atoms with van der Waals surface area (Å²) in [6.45, 7) is 2.10. The molecule has 0 radical (unpaired) electrons. The molecule has 0 saturated heterocycles. The van der Waals surface area contributed by atoms with Crippen LogP contribution in [0.25, 0.3) is 0 Å². The third-order valence-electron chi connectivity index (χ3n) is 0.549. The van der Waals surface area contributed by atoms with Crippen LogP contribution in [0.1, 0.15) is 6.92 Å². The Morgan fingerprint density at radius 3 is 2.62 bits per heavy atom. The molecule has 0 bridgehead atoms. The highest BCUT2D eigenvalue weighted by atomic mass is 35.5. The lowest BCUT2D eigenvalue weighted by Crippen LogP contribution is -2.28. The molecule has 0 fully saturated rings. The minimum absolute atomic E-state index is 0.409. The van der Waals surface area contributed by atoms with Crippen molar-refractivity contribution in [2.45, 2.75) is 12.6 Å². The second kappa shape index (κ2) is 3.66. The van der Waals surface area contributed by atoms with Crippen molar-refractivity contribution in [2.24, 2.45) is 0 Å². The van der Waals surface area contributed by atoms with Gasteiger partial charge in [0.1, 0.15) is 0 Å². The maximum Gasteiger partial charge on any atom is 0.270 e. The van der Waals surface area contributed by atoms with E-state index in [9.17, 15) is 9.18 Å². The van der Waals surface area contributed by atoms with E-state index >= 15 is 0 Å². The van der Waals surface area contributed by atoms with Gasteiger partial charge < -0.3 is 5.32 Å². The molecule has 0 aromatic rings. The van der Waals surface area contributed by atoms with E-state index in [1.807, 2.05) is 0 Å². The Balaban J connectivity index is 3.33. The summed E-state index contributed by atoms with van der Waals surface area (Å²) < 4.78 is 11.6. The van der Waals surface area contributed by atoms with Gasteiger partial charge in [-0.05, 0) is 6.92 Å². The maximum absolute atomic E-state index is 11.6. The van der Waals surface area contributed by atoms with E-state index in [2.05, 4.69) is 5.32 Å². The van der Waals surface area contributed by atoms with Gasteiger partial charge in [-0.2, -0.15) is 0 Å². The molecule has 0 aliphatic heterocycles. The second-order valence-corrected chi connectivity index (χ2v) is 1.58. The van der Waals surface area contributed by atoms with E-state index in [1.54, 1.807) is 6.92 Å². The smallest absolute Gasteiger partial charge is 0.270 e. The van der Waals surface area contributed by atoms with Gasteiger partial charge in [0.2, 0.25) is 0 Å². The fourth-order valence-corrected chi connectivity index (χ4v) is 0.329. The minimum atomic E-state index is -1.91. The largest absolute Gasteiger partial charge is 0.353 e. The van der Waals surface area contributed by atoms with Crippen LogP contribution >= 0.6 is 11.6 Å². The summed E-state index contributed by atoms with van der Waals surface area (Å²) in [7, 11) is 0. The number of alkyl halides is 2. The molecule has 1 N–H and O–H groups in total. The highest BCUT2D eigenvalue weighted by Gasteiger charge is 2.09. The monoisotopic (exact) mass is 139 g/mol. The number of carbonyl (C=O) groups is 1. The van der Waals surface area contributed by atoms with Gasteiger partial charge in [0, 0.05) is 6.54 Å². The first kappa shape index (κ1) is 7.69. The van der Waals surface area contributed by atoms with Crippen molar-refractivity contribution < 1.29 is 9.18 Å². The van der Waals surface area contributed by atoms with Crippen molar-refractivity contribution in [3.63, 3.8) is 0 Å². The van der Waals surface area contributed by atoms with Gasteiger partial charge in [-0.15, -0.1) is 0 Å². The molecule has 0 heterocycles. The molecule has 1 amide bonds. The molecule has 0 aliphatic carbocycles. The Kier molecular flexibility index (Phi) is 3.52. The average Bonchev–Trinajstić information content (AvgIpc) is 1.67. The SMILES string of the molecule is CCNC(=O)C(F)Cl. The fourth-order valence-electron chi connectivity index (χ4n) is 0.251. The van der Waals surface area contributed by atoms with E-state index in [0.29, 0.717) is 6.54 Å².